The van der Waals surface area contributed by atoms with Crippen LogP contribution in [0.1, 0.15) is 43.5 Å². The Morgan fingerprint density at radius 1 is 1.32 bits per heavy atom. The minimum atomic E-state index is -0.271. The van der Waals surface area contributed by atoms with Crippen molar-refractivity contribution in [2.24, 2.45) is 5.73 Å². The Kier molecular flexibility index (Phi) is 8.77. The molecule has 0 spiro atoms. The Balaban J connectivity index is 0.00000441. The van der Waals surface area contributed by atoms with Crippen LogP contribution in [0.3, 0.4) is 0 Å². The Morgan fingerprint density at radius 2 is 1.91 bits per heavy atom. The topological polar surface area (TPSA) is 78.6 Å². The van der Waals surface area contributed by atoms with Gasteiger partial charge in [-0.3, -0.25) is 4.79 Å². The molecule has 1 amide bonds. The quantitative estimate of drug-likeness (QED) is 0.592. The molecule has 0 heterocycles. The molecule has 6 heteroatoms. The molecule has 5 nitrogen and oxygen atoms in total. The number of nitrogens with one attached hydrogen (secondary N) is 1. The van der Waals surface area contributed by atoms with Gasteiger partial charge in [0.1, 0.15) is 5.75 Å². The van der Waals surface area contributed by atoms with Crippen LogP contribution in [-0.2, 0) is 0 Å². The van der Waals surface area contributed by atoms with Crippen LogP contribution >= 0.6 is 24.0 Å². The van der Waals surface area contributed by atoms with Crippen molar-refractivity contribution in [1.82, 2.24) is 5.32 Å². The van der Waals surface area contributed by atoms with E-state index >= 15 is 0 Å². The summed E-state index contributed by atoms with van der Waals surface area (Å²) < 4.78 is 0. The number of amides is 1. The molecule has 0 aromatic heterocycles. The maximum absolute atomic E-state index is 12.1. The molecule has 0 bridgehead atoms. The van der Waals surface area contributed by atoms with E-state index < -0.39 is 0 Å². The number of anilines is 1. The summed E-state index contributed by atoms with van der Waals surface area (Å²) in [6.45, 7) is 4.61. The molecule has 0 saturated carbocycles. The molecule has 0 aliphatic heterocycles. The zero-order valence-corrected chi connectivity index (χ0v) is 16.2. The van der Waals surface area contributed by atoms with Crippen LogP contribution in [0.5, 0.6) is 5.75 Å². The molecule has 0 saturated heterocycles. The normalized spacial score (nSPS) is 10.8. The Bertz CT molecular complexity index is 488. The van der Waals surface area contributed by atoms with Gasteiger partial charge < -0.3 is 21.1 Å². The lowest BCUT2D eigenvalue weighted by Gasteiger charge is -2.26. The molecular formula is C16H28IN3O2. The van der Waals surface area contributed by atoms with Crippen LogP contribution in [0.25, 0.3) is 0 Å². The van der Waals surface area contributed by atoms with Crippen molar-refractivity contribution >= 4 is 35.6 Å². The highest BCUT2D eigenvalue weighted by atomic mass is 127. The number of phenols is 1. The number of hydrogen-bond acceptors (Lipinski definition) is 4. The number of phenolic OH excluding ortho intramolecular Hbond substituents is 1. The first-order valence-electron chi connectivity index (χ1n) is 7.40. The van der Waals surface area contributed by atoms with E-state index in [0.29, 0.717) is 6.54 Å². The Hall–Kier alpha value is -1.02. The number of carbonyl (C=O) groups is 1. The standard InChI is InChI=1S/C16H27N3O2.HI/c1-5-16(17,6-2)9-10-18-15(21)13-8-7-12(19(3)4)11-14(13)20;/h7-8,11,20H,5-6,9-10,17H2,1-4H3,(H,18,21);1H. The monoisotopic (exact) mass is 421 g/mol. The summed E-state index contributed by atoms with van der Waals surface area (Å²) in [5, 5.41) is 12.8. The van der Waals surface area contributed by atoms with Gasteiger partial charge in [0.2, 0.25) is 0 Å². The van der Waals surface area contributed by atoms with Crippen LogP contribution in [-0.4, -0.2) is 37.2 Å². The average Bonchev–Trinajstić information content (AvgIpc) is 2.46. The predicted octanol–water partition coefficient (Wildman–Crippen LogP) is 2.71. The van der Waals surface area contributed by atoms with Gasteiger partial charge in [-0.1, -0.05) is 13.8 Å². The maximum Gasteiger partial charge on any atom is 0.255 e. The van der Waals surface area contributed by atoms with Crippen molar-refractivity contribution in [3.8, 4) is 5.75 Å². The van der Waals surface area contributed by atoms with Gasteiger partial charge in [-0.2, -0.15) is 0 Å². The summed E-state index contributed by atoms with van der Waals surface area (Å²) in [6.07, 6.45) is 2.48. The summed E-state index contributed by atoms with van der Waals surface area (Å²) in [6, 6.07) is 5.02. The Labute approximate surface area is 150 Å². The third-order valence-corrected chi connectivity index (χ3v) is 4.06. The van der Waals surface area contributed by atoms with E-state index in [2.05, 4.69) is 19.2 Å². The van der Waals surface area contributed by atoms with Crippen LogP contribution in [0.2, 0.25) is 0 Å². The third-order valence-electron chi connectivity index (χ3n) is 4.06. The molecule has 0 fully saturated rings. The van der Waals surface area contributed by atoms with Gasteiger partial charge in [0.05, 0.1) is 5.56 Å². The molecule has 1 aromatic rings. The number of nitrogens with two attached hydrogens (primary N) is 1. The highest BCUT2D eigenvalue weighted by Gasteiger charge is 2.20. The van der Waals surface area contributed by atoms with Gasteiger partial charge in [0, 0.05) is 37.9 Å². The first kappa shape index (κ1) is 21.0. The SMILES string of the molecule is CCC(N)(CC)CCNC(=O)c1ccc(N(C)C)cc1O.I. The molecule has 0 unspecified atom stereocenters. The molecule has 0 atom stereocenters. The highest BCUT2D eigenvalue weighted by Crippen LogP contribution is 2.23. The van der Waals surface area contributed by atoms with Gasteiger partial charge in [0.25, 0.3) is 5.91 Å². The summed E-state index contributed by atoms with van der Waals surface area (Å²) in [4.78, 5) is 14.0. The smallest absolute Gasteiger partial charge is 0.255 e. The number of benzene rings is 1. The molecule has 0 aliphatic carbocycles. The van der Waals surface area contributed by atoms with Crippen molar-refractivity contribution in [2.45, 2.75) is 38.6 Å². The fraction of sp³-hybridized carbons (Fsp3) is 0.562. The minimum Gasteiger partial charge on any atom is -0.507 e. The summed E-state index contributed by atoms with van der Waals surface area (Å²) in [7, 11) is 3.76. The van der Waals surface area contributed by atoms with Crippen LogP contribution in [0, 0.1) is 0 Å². The van der Waals surface area contributed by atoms with Crippen molar-refractivity contribution in [3.63, 3.8) is 0 Å². The highest BCUT2D eigenvalue weighted by molar-refractivity contribution is 14.0. The average molecular weight is 421 g/mol. The second-order valence-electron chi connectivity index (χ2n) is 5.67. The van der Waals surface area contributed by atoms with Crippen molar-refractivity contribution in [3.05, 3.63) is 23.8 Å². The lowest BCUT2D eigenvalue weighted by Crippen LogP contribution is -2.42. The summed E-state index contributed by atoms with van der Waals surface area (Å²) >= 11 is 0. The largest absolute Gasteiger partial charge is 0.507 e. The van der Waals surface area contributed by atoms with E-state index in [1.165, 1.54) is 0 Å². The summed E-state index contributed by atoms with van der Waals surface area (Å²) in [5.41, 5.74) is 7.10. The minimum absolute atomic E-state index is 0. The molecule has 22 heavy (non-hydrogen) atoms. The first-order chi connectivity index (χ1) is 9.83. The van der Waals surface area contributed by atoms with Gasteiger partial charge in [0.15, 0.2) is 0 Å². The number of nitrogens with zero attached hydrogens (tertiary/aromatic N) is 1. The van der Waals surface area contributed by atoms with E-state index in [4.69, 9.17) is 5.73 Å². The van der Waals surface area contributed by atoms with Crippen LogP contribution in [0.4, 0.5) is 5.69 Å². The second kappa shape index (κ2) is 9.19. The number of hydrogen-bond donors (Lipinski definition) is 3. The predicted molar refractivity (Wildman–Crippen MR) is 102 cm³/mol. The molecule has 1 rings (SSSR count). The van der Waals surface area contributed by atoms with Gasteiger partial charge >= 0.3 is 0 Å². The van der Waals surface area contributed by atoms with Crippen LogP contribution < -0.4 is 16.0 Å². The lowest BCUT2D eigenvalue weighted by molar-refractivity contribution is 0.0947. The fourth-order valence-corrected chi connectivity index (χ4v) is 2.11. The Morgan fingerprint density at radius 3 is 2.36 bits per heavy atom. The first-order valence-corrected chi connectivity index (χ1v) is 7.40. The van der Waals surface area contributed by atoms with Crippen LogP contribution in [0.15, 0.2) is 18.2 Å². The number of rotatable bonds is 7. The molecular weight excluding hydrogens is 393 g/mol. The molecule has 0 aliphatic rings. The zero-order valence-electron chi connectivity index (χ0n) is 13.8. The van der Waals surface area contributed by atoms with E-state index in [1.807, 2.05) is 19.0 Å². The second-order valence-corrected chi connectivity index (χ2v) is 5.67. The molecule has 126 valence electrons. The number of aromatic hydroxyl groups is 1. The fourth-order valence-electron chi connectivity index (χ4n) is 2.11. The third kappa shape index (κ3) is 5.64. The van der Waals surface area contributed by atoms with E-state index in [1.54, 1.807) is 18.2 Å². The maximum atomic E-state index is 12.1. The zero-order chi connectivity index (χ0) is 16.0. The van der Waals surface area contributed by atoms with Crippen molar-refractivity contribution in [2.75, 3.05) is 25.5 Å². The van der Waals surface area contributed by atoms with E-state index in [9.17, 15) is 9.90 Å². The van der Waals surface area contributed by atoms with E-state index in [-0.39, 0.29) is 46.7 Å². The number of carbonyl (C=O) groups excluding carboxylic acids is 1. The molecule has 4 N–H and O–H groups in total. The van der Waals surface area contributed by atoms with Crippen molar-refractivity contribution in [1.29, 1.82) is 0 Å². The molecule has 1 aromatic carbocycles. The van der Waals surface area contributed by atoms with Gasteiger partial charge in [-0.05, 0) is 31.4 Å². The van der Waals surface area contributed by atoms with Gasteiger partial charge in [-0.15, -0.1) is 24.0 Å². The lowest BCUT2D eigenvalue weighted by atomic mass is 9.90. The van der Waals surface area contributed by atoms with E-state index in [0.717, 1.165) is 24.9 Å². The number of halogens is 1. The van der Waals surface area contributed by atoms with Crippen molar-refractivity contribution < 1.29 is 9.90 Å². The summed E-state index contributed by atoms with van der Waals surface area (Å²) in [5.74, 6) is -0.281. The molecule has 0 radical (unpaired) electrons. The van der Waals surface area contributed by atoms with Gasteiger partial charge in [-0.25, -0.2) is 0 Å².